The van der Waals surface area contributed by atoms with Crippen molar-refractivity contribution in [1.82, 2.24) is 8.95 Å². The summed E-state index contributed by atoms with van der Waals surface area (Å²) in [6, 6.07) is 16.9. The summed E-state index contributed by atoms with van der Waals surface area (Å²) in [7, 11) is -1.85. The molecule has 0 aliphatic rings. The van der Waals surface area contributed by atoms with Crippen LogP contribution in [0.25, 0.3) is 11.1 Å². The lowest BCUT2D eigenvalue weighted by atomic mass is 10.00. The summed E-state index contributed by atoms with van der Waals surface area (Å²) < 4.78 is 18.5. The number of hydrogen-bond acceptors (Lipinski definition) is 3. The van der Waals surface area contributed by atoms with Gasteiger partial charge in [0.1, 0.15) is 0 Å². The SMILES string of the molecule is Cc1ccc([S+]([O-])NC(CC(=O)O)c2cccc(-c3ccn([Si](C(C)C)(C(C)C)C(C)C)c3)c2)cc1. The molecule has 2 N–H and O–H groups in total. The highest BCUT2D eigenvalue weighted by molar-refractivity contribution is 7.89. The smallest absolute Gasteiger partial charge is 0.305 e. The number of nitrogens with zero attached hydrogens (tertiary/aromatic N) is 1. The first-order chi connectivity index (χ1) is 17.0. The Balaban J connectivity index is 1.94. The van der Waals surface area contributed by atoms with Crippen LogP contribution in [0, 0.1) is 6.92 Å². The van der Waals surface area contributed by atoms with E-state index in [0.29, 0.717) is 21.5 Å². The van der Waals surface area contributed by atoms with Crippen molar-refractivity contribution >= 4 is 25.6 Å². The van der Waals surface area contributed by atoms with Gasteiger partial charge in [0.2, 0.25) is 0 Å². The average molecular weight is 525 g/mol. The molecule has 0 bridgehead atoms. The Morgan fingerprint density at radius 1 is 0.972 bits per heavy atom. The maximum atomic E-state index is 13.0. The van der Waals surface area contributed by atoms with E-state index < -0.39 is 31.6 Å². The molecule has 36 heavy (non-hydrogen) atoms. The maximum Gasteiger partial charge on any atom is 0.305 e. The second-order valence-corrected chi connectivity index (χ2v) is 17.6. The van der Waals surface area contributed by atoms with Crippen LogP contribution in [0.1, 0.15) is 65.1 Å². The molecule has 1 aromatic heterocycles. The number of carboxylic acids is 1. The van der Waals surface area contributed by atoms with Crippen molar-refractivity contribution in [3.63, 3.8) is 0 Å². The summed E-state index contributed by atoms with van der Waals surface area (Å²) in [4.78, 5) is 12.3. The second-order valence-electron chi connectivity index (χ2n) is 10.6. The first-order valence-corrected chi connectivity index (χ1v) is 16.0. The largest absolute Gasteiger partial charge is 0.593 e. The first kappa shape index (κ1) is 28.3. The summed E-state index contributed by atoms with van der Waals surface area (Å²) in [6.07, 6.45) is 4.34. The molecule has 2 aromatic carbocycles. The number of aromatic nitrogens is 1. The highest BCUT2D eigenvalue weighted by Crippen LogP contribution is 2.43. The Morgan fingerprint density at radius 2 is 1.58 bits per heavy atom. The molecule has 3 aromatic rings. The number of rotatable bonds is 11. The molecule has 0 saturated heterocycles. The van der Waals surface area contributed by atoms with E-state index in [1.165, 1.54) is 0 Å². The van der Waals surface area contributed by atoms with E-state index in [1.807, 2.05) is 49.4 Å². The van der Waals surface area contributed by atoms with E-state index >= 15 is 0 Å². The van der Waals surface area contributed by atoms with Crippen LogP contribution in [-0.4, -0.2) is 28.1 Å². The van der Waals surface area contributed by atoms with Crippen LogP contribution in [0.5, 0.6) is 0 Å². The molecule has 0 fully saturated rings. The van der Waals surface area contributed by atoms with E-state index in [2.05, 4.69) is 75.0 Å². The van der Waals surface area contributed by atoms with E-state index in [-0.39, 0.29) is 6.42 Å². The quantitative estimate of drug-likeness (QED) is 0.204. The molecule has 1 heterocycles. The third-order valence-corrected chi connectivity index (χ3v) is 15.3. The van der Waals surface area contributed by atoms with Crippen molar-refractivity contribution in [3.05, 3.63) is 78.1 Å². The molecule has 194 valence electrons. The maximum absolute atomic E-state index is 13.0. The van der Waals surface area contributed by atoms with Crippen LogP contribution >= 0.6 is 0 Å². The van der Waals surface area contributed by atoms with Gasteiger partial charge in [-0.3, -0.25) is 4.79 Å². The highest BCUT2D eigenvalue weighted by atomic mass is 32.2. The third kappa shape index (κ3) is 5.97. The fourth-order valence-corrected chi connectivity index (χ4v) is 13.4. The van der Waals surface area contributed by atoms with Gasteiger partial charge < -0.3 is 13.9 Å². The molecule has 0 radical (unpaired) electrons. The fraction of sp³-hybridized carbons (Fsp3) is 0.414. The molecule has 3 rings (SSSR count). The minimum Gasteiger partial charge on any atom is -0.593 e. The number of aliphatic carboxylic acids is 1. The number of benzene rings is 2. The monoisotopic (exact) mass is 524 g/mol. The van der Waals surface area contributed by atoms with Crippen molar-refractivity contribution in [2.75, 3.05) is 0 Å². The minimum atomic E-state index is -1.85. The van der Waals surface area contributed by atoms with Crippen molar-refractivity contribution < 1.29 is 14.5 Å². The van der Waals surface area contributed by atoms with Crippen molar-refractivity contribution in [2.45, 2.75) is 82.4 Å². The molecule has 0 amide bonds. The summed E-state index contributed by atoms with van der Waals surface area (Å²) in [5.74, 6) is -0.938. The predicted molar refractivity (Wildman–Crippen MR) is 152 cm³/mol. The molecule has 0 spiro atoms. The Labute approximate surface area is 220 Å². The number of nitrogens with one attached hydrogen (secondary N) is 1. The molecular formula is C29H40N2O3SSi. The average Bonchev–Trinajstić information content (AvgIpc) is 3.28. The van der Waals surface area contributed by atoms with Crippen LogP contribution in [0.2, 0.25) is 16.6 Å². The Bertz CT molecular complexity index is 1140. The summed E-state index contributed by atoms with van der Waals surface area (Å²) in [5.41, 5.74) is 5.80. The van der Waals surface area contributed by atoms with Crippen molar-refractivity contribution in [2.24, 2.45) is 0 Å². The molecule has 2 unspecified atom stereocenters. The lowest BCUT2D eigenvalue weighted by Gasteiger charge is -2.44. The van der Waals surface area contributed by atoms with Crippen molar-refractivity contribution in [1.29, 1.82) is 0 Å². The van der Waals surface area contributed by atoms with Gasteiger partial charge in [0.05, 0.1) is 23.8 Å². The van der Waals surface area contributed by atoms with E-state index in [4.69, 9.17) is 0 Å². The highest BCUT2D eigenvalue weighted by Gasteiger charge is 2.45. The number of aryl methyl sites for hydroxylation is 1. The normalized spacial score (nSPS) is 14.0. The molecule has 5 nitrogen and oxygen atoms in total. The first-order valence-electron chi connectivity index (χ1n) is 12.7. The predicted octanol–water partition coefficient (Wildman–Crippen LogP) is 7.32. The van der Waals surface area contributed by atoms with Crippen LogP contribution in [0.3, 0.4) is 0 Å². The van der Waals surface area contributed by atoms with Gasteiger partial charge in [-0.1, -0.05) is 77.4 Å². The summed E-state index contributed by atoms with van der Waals surface area (Å²) in [5, 5.41) is 9.56. The minimum absolute atomic E-state index is 0.161. The zero-order chi connectivity index (χ0) is 26.6. The van der Waals surface area contributed by atoms with E-state index in [1.54, 1.807) is 0 Å². The molecule has 0 saturated carbocycles. The molecular weight excluding hydrogens is 484 g/mol. The van der Waals surface area contributed by atoms with Crippen LogP contribution in [0.15, 0.2) is 71.9 Å². The van der Waals surface area contributed by atoms with Gasteiger partial charge in [-0.15, -0.1) is 4.72 Å². The van der Waals surface area contributed by atoms with Gasteiger partial charge >= 0.3 is 5.97 Å². The fourth-order valence-electron chi connectivity index (χ4n) is 5.90. The summed E-state index contributed by atoms with van der Waals surface area (Å²) in [6.45, 7) is 16.1. The lowest BCUT2D eigenvalue weighted by molar-refractivity contribution is -0.137. The number of hydrogen-bond donors (Lipinski definition) is 2. The summed E-state index contributed by atoms with van der Waals surface area (Å²) >= 11 is -1.53. The Hall–Kier alpha value is -2.32. The standard InChI is InChI=1S/C29H40N2O3SSi/c1-20(2)36(21(3)4,22(5)6)31-16-15-26(19-31)24-9-8-10-25(17-24)28(18-29(32)33)30-35(34)27-13-11-23(7)12-14-27/h8-17,19-22,28,30H,18H2,1-7H3,(H,32,33). The van der Waals surface area contributed by atoms with Crippen LogP contribution in [0.4, 0.5) is 0 Å². The van der Waals surface area contributed by atoms with Gasteiger partial charge in [0.15, 0.2) is 13.1 Å². The number of carbonyl (C=O) groups is 1. The lowest BCUT2D eigenvalue weighted by Crippen LogP contribution is -2.51. The van der Waals surface area contributed by atoms with Gasteiger partial charge in [-0.2, -0.15) is 0 Å². The van der Waals surface area contributed by atoms with Gasteiger partial charge in [-0.25, -0.2) is 0 Å². The van der Waals surface area contributed by atoms with E-state index in [9.17, 15) is 14.5 Å². The van der Waals surface area contributed by atoms with Gasteiger partial charge in [0.25, 0.3) is 0 Å². The number of carboxylic acid groups (broad SMARTS) is 1. The zero-order valence-electron chi connectivity index (χ0n) is 22.5. The molecule has 7 heteroatoms. The van der Waals surface area contributed by atoms with E-state index in [0.717, 1.165) is 22.3 Å². The van der Waals surface area contributed by atoms with Crippen LogP contribution in [-0.2, 0) is 16.2 Å². The van der Waals surface area contributed by atoms with Gasteiger partial charge in [0, 0.05) is 6.20 Å². The molecule has 0 aliphatic heterocycles. The second kappa shape index (κ2) is 11.8. The molecule has 2 atom stereocenters. The Kier molecular flexibility index (Phi) is 9.27. The van der Waals surface area contributed by atoms with Crippen LogP contribution < -0.4 is 4.72 Å². The zero-order valence-corrected chi connectivity index (χ0v) is 24.3. The van der Waals surface area contributed by atoms with Gasteiger partial charge in [-0.05, 0) is 70.7 Å². The van der Waals surface area contributed by atoms with Crippen molar-refractivity contribution in [3.8, 4) is 11.1 Å². The third-order valence-electron chi connectivity index (χ3n) is 7.40. The molecule has 0 aliphatic carbocycles. The topological polar surface area (TPSA) is 77.3 Å². The Morgan fingerprint density at radius 3 is 2.14 bits per heavy atom.